The van der Waals surface area contributed by atoms with Gasteiger partial charge in [-0.15, -0.1) is 11.3 Å². The molecule has 2 amide bonds. The Morgan fingerprint density at radius 1 is 1.34 bits per heavy atom. The van der Waals surface area contributed by atoms with Crippen molar-refractivity contribution in [3.8, 4) is 11.1 Å². The van der Waals surface area contributed by atoms with Crippen molar-refractivity contribution < 1.29 is 27.7 Å². The van der Waals surface area contributed by atoms with Gasteiger partial charge in [-0.25, -0.2) is 4.98 Å². The summed E-state index contributed by atoms with van der Waals surface area (Å²) in [6.45, 7) is 3.82. The van der Waals surface area contributed by atoms with Gasteiger partial charge in [0.25, 0.3) is 11.8 Å². The lowest BCUT2D eigenvalue weighted by molar-refractivity contribution is -0.385. The highest BCUT2D eigenvalue weighted by molar-refractivity contribution is 7.21. The van der Waals surface area contributed by atoms with Gasteiger partial charge in [0.15, 0.2) is 0 Å². The van der Waals surface area contributed by atoms with E-state index < -0.39 is 40.0 Å². The molecule has 0 unspecified atom stereocenters. The van der Waals surface area contributed by atoms with Gasteiger partial charge >= 0.3 is 11.9 Å². The summed E-state index contributed by atoms with van der Waals surface area (Å²) in [6.07, 6.45) is -2.47. The first-order valence-electron chi connectivity index (χ1n) is 9.80. The summed E-state index contributed by atoms with van der Waals surface area (Å²) >= 11 is 0.552. The molecule has 4 aromatic heterocycles. The van der Waals surface area contributed by atoms with Crippen molar-refractivity contribution in [2.24, 2.45) is 5.73 Å². The molecule has 16 heteroatoms. The quantitative estimate of drug-likeness (QED) is 0.264. The molecule has 4 rings (SSSR count). The molecular formula is C19H15F3N8O4S. The fraction of sp³-hybridized carbons (Fsp3) is 0.211. The third-order valence-corrected chi connectivity index (χ3v) is 6.12. The summed E-state index contributed by atoms with van der Waals surface area (Å²) in [6, 6.07) is 0.790. The molecule has 0 aromatic carbocycles. The van der Waals surface area contributed by atoms with E-state index in [1.807, 2.05) is 0 Å². The molecule has 4 heterocycles. The number of anilines is 1. The molecule has 0 radical (unpaired) electrons. The Morgan fingerprint density at radius 3 is 2.63 bits per heavy atom. The number of pyridine rings is 1. The number of carbonyl (C=O) groups is 2. The van der Waals surface area contributed by atoms with Crippen molar-refractivity contribution in [3.05, 3.63) is 50.5 Å². The molecule has 0 aliphatic carbocycles. The number of aryl methyl sites for hydroxylation is 2. The van der Waals surface area contributed by atoms with Crippen LogP contribution in [0.1, 0.15) is 38.5 Å². The smallest absolute Gasteiger partial charge is 0.365 e. The molecule has 35 heavy (non-hydrogen) atoms. The number of primary amides is 1. The summed E-state index contributed by atoms with van der Waals surface area (Å²) in [5.41, 5.74) is 3.52. The molecule has 12 nitrogen and oxygen atoms in total. The van der Waals surface area contributed by atoms with E-state index in [4.69, 9.17) is 5.73 Å². The van der Waals surface area contributed by atoms with Crippen LogP contribution in [0.2, 0.25) is 0 Å². The summed E-state index contributed by atoms with van der Waals surface area (Å²) in [5.74, 6) is -2.09. The molecule has 182 valence electrons. The number of carbonyl (C=O) groups excluding carboxylic acids is 2. The molecule has 0 spiro atoms. The van der Waals surface area contributed by atoms with Crippen LogP contribution in [-0.4, -0.2) is 41.7 Å². The maximum atomic E-state index is 13.7. The van der Waals surface area contributed by atoms with Crippen LogP contribution in [0.15, 0.2) is 18.5 Å². The van der Waals surface area contributed by atoms with E-state index in [9.17, 15) is 32.9 Å². The maximum absolute atomic E-state index is 13.7. The number of amides is 2. The second-order valence-electron chi connectivity index (χ2n) is 7.23. The number of halogens is 3. The zero-order valence-electron chi connectivity index (χ0n) is 17.9. The minimum Gasteiger partial charge on any atom is -0.365 e. The fourth-order valence-electron chi connectivity index (χ4n) is 3.45. The molecule has 0 aliphatic rings. The zero-order chi connectivity index (χ0) is 25.7. The molecule has 0 fully saturated rings. The second-order valence-corrected chi connectivity index (χ2v) is 8.23. The van der Waals surface area contributed by atoms with Gasteiger partial charge in [-0.05, 0) is 25.5 Å². The highest BCUT2D eigenvalue weighted by atomic mass is 32.1. The van der Waals surface area contributed by atoms with Crippen LogP contribution < -0.4 is 11.1 Å². The molecule has 0 aliphatic heterocycles. The van der Waals surface area contributed by atoms with Gasteiger partial charge in [0.1, 0.15) is 21.6 Å². The van der Waals surface area contributed by atoms with E-state index in [-0.39, 0.29) is 26.3 Å². The Hall–Kier alpha value is -4.34. The van der Waals surface area contributed by atoms with E-state index in [1.54, 1.807) is 13.8 Å². The Morgan fingerprint density at radius 2 is 2.06 bits per heavy atom. The lowest BCUT2D eigenvalue weighted by Gasteiger charge is -2.11. The normalized spacial score (nSPS) is 11.7. The van der Waals surface area contributed by atoms with Crippen molar-refractivity contribution in [1.82, 2.24) is 25.0 Å². The van der Waals surface area contributed by atoms with E-state index in [1.165, 1.54) is 10.9 Å². The van der Waals surface area contributed by atoms with Gasteiger partial charge in [0, 0.05) is 23.7 Å². The predicted molar refractivity (Wildman–Crippen MR) is 118 cm³/mol. The minimum atomic E-state index is -4.81. The number of nitrogens with one attached hydrogen (secondary N) is 2. The molecular weight excluding hydrogens is 493 g/mol. The Balaban J connectivity index is 2.01. The van der Waals surface area contributed by atoms with Crippen molar-refractivity contribution in [3.63, 3.8) is 0 Å². The number of nitro groups is 1. The highest BCUT2D eigenvalue weighted by Crippen LogP contribution is 2.44. The van der Waals surface area contributed by atoms with Gasteiger partial charge in [0.05, 0.1) is 16.3 Å². The Labute approximate surface area is 197 Å². The number of hydrogen-bond donors (Lipinski definition) is 3. The first kappa shape index (κ1) is 23.8. The van der Waals surface area contributed by atoms with Crippen LogP contribution in [0, 0.1) is 17.0 Å². The standard InChI is InChI=1S/C19H15F3N8O4S/c1-3-29-6-9(7(2)28-29)8-4-11(19(20,21)22)25-18-12(8)14(15(35-18)16(23)31)26-17(32)13-10(30(33)34)5-24-27-13/h4-6H,3H2,1-2H3,(H2,23,31)(H,24,27)(H,26,32). The number of aromatic nitrogens is 5. The highest BCUT2D eigenvalue weighted by Gasteiger charge is 2.36. The number of nitrogens with zero attached hydrogens (tertiary/aromatic N) is 5. The largest absolute Gasteiger partial charge is 0.433 e. The average molecular weight is 508 g/mol. The second kappa shape index (κ2) is 8.46. The van der Waals surface area contributed by atoms with Crippen molar-refractivity contribution >= 4 is 44.7 Å². The molecule has 0 atom stereocenters. The van der Waals surface area contributed by atoms with Crippen LogP contribution in [-0.2, 0) is 12.7 Å². The summed E-state index contributed by atoms with van der Waals surface area (Å²) in [5, 5.41) is 23.5. The SMILES string of the molecule is CCn1cc(-c2cc(C(F)(F)F)nc3sc(C(N)=O)c(NC(=O)c4[nH]ncc4[N+](=O)[O-])c23)c(C)n1. The monoisotopic (exact) mass is 508 g/mol. The van der Waals surface area contributed by atoms with E-state index >= 15 is 0 Å². The lowest BCUT2D eigenvalue weighted by atomic mass is 10.0. The van der Waals surface area contributed by atoms with E-state index in [2.05, 4.69) is 25.6 Å². The number of fused-ring (bicyclic) bond motifs is 1. The molecule has 0 saturated carbocycles. The van der Waals surface area contributed by atoms with Gasteiger partial charge in [-0.1, -0.05) is 0 Å². The number of nitrogens with two attached hydrogens (primary N) is 1. The van der Waals surface area contributed by atoms with Crippen molar-refractivity contribution in [2.45, 2.75) is 26.6 Å². The Bertz CT molecular complexity index is 1500. The third kappa shape index (κ3) is 4.18. The van der Waals surface area contributed by atoms with Crippen molar-refractivity contribution in [1.29, 1.82) is 0 Å². The third-order valence-electron chi connectivity index (χ3n) is 5.02. The molecule has 4 aromatic rings. The maximum Gasteiger partial charge on any atom is 0.433 e. The number of aromatic amines is 1. The van der Waals surface area contributed by atoms with Gasteiger partial charge in [-0.3, -0.25) is 29.5 Å². The average Bonchev–Trinajstić information content (AvgIpc) is 3.49. The number of rotatable bonds is 6. The van der Waals surface area contributed by atoms with Crippen LogP contribution in [0.3, 0.4) is 0 Å². The van der Waals surface area contributed by atoms with Crippen LogP contribution >= 0.6 is 11.3 Å². The van der Waals surface area contributed by atoms with Gasteiger partial charge in [0.2, 0.25) is 5.69 Å². The lowest BCUT2D eigenvalue weighted by Crippen LogP contribution is -2.18. The van der Waals surface area contributed by atoms with Crippen LogP contribution in [0.25, 0.3) is 21.3 Å². The van der Waals surface area contributed by atoms with E-state index in [0.717, 1.165) is 12.3 Å². The molecule has 0 bridgehead atoms. The fourth-order valence-corrected chi connectivity index (χ4v) is 4.46. The molecule has 4 N–H and O–H groups in total. The summed E-state index contributed by atoms with van der Waals surface area (Å²) in [4.78, 5) is 38.5. The first-order chi connectivity index (χ1) is 16.4. The number of H-pyrrole nitrogens is 1. The van der Waals surface area contributed by atoms with Crippen LogP contribution in [0.4, 0.5) is 24.5 Å². The predicted octanol–water partition coefficient (Wildman–Crippen LogP) is 3.49. The first-order valence-corrected chi connectivity index (χ1v) is 10.6. The number of alkyl halides is 3. The zero-order valence-corrected chi connectivity index (χ0v) is 18.7. The number of hydrogen-bond acceptors (Lipinski definition) is 8. The Kier molecular flexibility index (Phi) is 5.75. The summed E-state index contributed by atoms with van der Waals surface area (Å²) < 4.78 is 42.5. The minimum absolute atomic E-state index is 0.00214. The number of thiophene rings is 1. The van der Waals surface area contributed by atoms with Gasteiger partial charge < -0.3 is 11.1 Å². The molecule has 0 saturated heterocycles. The summed E-state index contributed by atoms with van der Waals surface area (Å²) in [7, 11) is 0. The van der Waals surface area contributed by atoms with E-state index in [0.29, 0.717) is 29.1 Å². The van der Waals surface area contributed by atoms with Gasteiger partial charge in [-0.2, -0.15) is 23.4 Å². The van der Waals surface area contributed by atoms with Crippen molar-refractivity contribution in [2.75, 3.05) is 5.32 Å². The van der Waals surface area contributed by atoms with Crippen LogP contribution in [0.5, 0.6) is 0 Å². The topological polar surface area (TPSA) is 175 Å².